The first kappa shape index (κ1) is 28.6. The minimum Gasteiger partial charge on any atom is -0.456 e. The minimum absolute atomic E-state index is 0.788. The molecule has 3 heterocycles. The normalized spacial score (nSPS) is 12.2. The van der Waals surface area contributed by atoms with E-state index in [1.807, 2.05) is 30.3 Å². The summed E-state index contributed by atoms with van der Waals surface area (Å²) in [6.45, 7) is 0. The van der Waals surface area contributed by atoms with E-state index in [1.165, 1.54) is 43.8 Å². The van der Waals surface area contributed by atoms with Crippen LogP contribution in [0.1, 0.15) is 0 Å². The quantitative estimate of drug-likeness (QED) is 0.175. The average molecular weight is 677 g/mol. The largest absolute Gasteiger partial charge is 0.456 e. The lowest BCUT2D eigenvalue weighted by Crippen LogP contribution is -1.91. The van der Waals surface area contributed by atoms with E-state index in [4.69, 9.17) is 13.3 Å². The van der Waals surface area contributed by atoms with Crippen LogP contribution in [0.5, 0.6) is 0 Å². The average Bonchev–Trinajstić information content (AvgIpc) is 3.91. The Morgan fingerprint density at radius 2 is 0.623 bits per heavy atom. The fourth-order valence-electron chi connectivity index (χ4n) is 8.68. The Kier molecular flexibility index (Phi) is 5.77. The Bertz CT molecular complexity index is 3410. The van der Waals surface area contributed by atoms with E-state index in [0.29, 0.717) is 0 Å². The second kappa shape index (κ2) is 10.7. The second-order valence-electron chi connectivity index (χ2n) is 14.0. The van der Waals surface area contributed by atoms with Gasteiger partial charge in [0.25, 0.3) is 0 Å². The van der Waals surface area contributed by atoms with Gasteiger partial charge in [-0.2, -0.15) is 0 Å². The van der Waals surface area contributed by atoms with Crippen LogP contribution in [0.25, 0.3) is 121 Å². The van der Waals surface area contributed by atoms with E-state index >= 15 is 0 Å². The van der Waals surface area contributed by atoms with Crippen molar-refractivity contribution in [1.82, 2.24) is 0 Å². The Balaban J connectivity index is 1.06. The molecule has 0 spiro atoms. The summed E-state index contributed by atoms with van der Waals surface area (Å²) in [5.74, 6) is 0. The third-order valence-corrected chi connectivity index (χ3v) is 11.1. The molecule has 53 heavy (non-hydrogen) atoms. The van der Waals surface area contributed by atoms with Gasteiger partial charge in [-0.05, 0) is 110 Å². The smallest absolute Gasteiger partial charge is 0.178 e. The van der Waals surface area contributed by atoms with Crippen molar-refractivity contribution in [3.05, 3.63) is 170 Å². The zero-order chi connectivity index (χ0) is 34.6. The van der Waals surface area contributed by atoms with Gasteiger partial charge in [-0.15, -0.1) is 0 Å². The molecular formula is C50H28O3. The first-order valence-electron chi connectivity index (χ1n) is 18.0. The van der Waals surface area contributed by atoms with Crippen molar-refractivity contribution < 1.29 is 13.3 Å². The molecule has 12 aromatic rings. The molecule has 3 aromatic heterocycles. The van der Waals surface area contributed by atoms with Crippen molar-refractivity contribution in [2.75, 3.05) is 0 Å². The zero-order valence-electron chi connectivity index (χ0n) is 28.4. The Morgan fingerprint density at radius 3 is 1.26 bits per heavy atom. The lowest BCUT2D eigenvalue weighted by molar-refractivity contribution is 0.633. The predicted octanol–water partition coefficient (Wildman–Crippen LogP) is 14.7. The third-order valence-electron chi connectivity index (χ3n) is 11.1. The number of para-hydroxylation sites is 2. The molecule has 0 aliphatic rings. The highest BCUT2D eigenvalue weighted by Crippen LogP contribution is 2.46. The highest BCUT2D eigenvalue weighted by atomic mass is 16.4. The van der Waals surface area contributed by atoms with E-state index in [0.717, 1.165) is 76.9 Å². The highest BCUT2D eigenvalue weighted by molar-refractivity contribution is 6.23. The van der Waals surface area contributed by atoms with Gasteiger partial charge in [0.2, 0.25) is 0 Å². The van der Waals surface area contributed by atoms with Gasteiger partial charge in [-0.3, -0.25) is 0 Å². The summed E-state index contributed by atoms with van der Waals surface area (Å²) in [5.41, 5.74) is 12.2. The van der Waals surface area contributed by atoms with Crippen LogP contribution in [0, 0.1) is 0 Å². The van der Waals surface area contributed by atoms with Crippen molar-refractivity contribution in [1.29, 1.82) is 0 Å². The highest BCUT2D eigenvalue weighted by Gasteiger charge is 2.20. The molecule has 0 saturated carbocycles. The first-order valence-corrected chi connectivity index (χ1v) is 18.0. The fraction of sp³-hybridized carbons (Fsp3) is 0. The van der Waals surface area contributed by atoms with Gasteiger partial charge in [0.1, 0.15) is 22.3 Å². The maximum Gasteiger partial charge on any atom is 0.178 e. The molecule has 3 nitrogen and oxygen atoms in total. The van der Waals surface area contributed by atoms with Gasteiger partial charge in [-0.25, -0.2) is 0 Å². The molecule has 0 N–H and O–H groups in total. The maximum absolute atomic E-state index is 6.53. The Hall–Kier alpha value is -7.10. The van der Waals surface area contributed by atoms with E-state index in [2.05, 4.69) is 140 Å². The van der Waals surface area contributed by atoms with Crippen LogP contribution in [-0.4, -0.2) is 0 Å². The zero-order valence-corrected chi connectivity index (χ0v) is 28.4. The molecule has 0 atom stereocenters. The SMILES string of the molecule is c1cc(-c2ccc3oc4ccccc4c3c2)cc(-c2c3ccccc3c(-c3ccc4oc5c(ccc6c7ccccc7oc65)c4c3)c3ccccc23)c1. The first-order chi connectivity index (χ1) is 26.3. The summed E-state index contributed by atoms with van der Waals surface area (Å²) < 4.78 is 19.0. The van der Waals surface area contributed by atoms with Crippen LogP contribution < -0.4 is 0 Å². The van der Waals surface area contributed by atoms with Gasteiger partial charge < -0.3 is 13.3 Å². The van der Waals surface area contributed by atoms with Crippen molar-refractivity contribution in [2.45, 2.75) is 0 Å². The van der Waals surface area contributed by atoms with Gasteiger partial charge in [0, 0.05) is 32.3 Å². The second-order valence-corrected chi connectivity index (χ2v) is 14.0. The molecule has 0 bridgehead atoms. The van der Waals surface area contributed by atoms with Crippen LogP contribution in [0.2, 0.25) is 0 Å². The molecule has 0 unspecified atom stereocenters. The Labute approximate surface area is 302 Å². The van der Waals surface area contributed by atoms with E-state index in [9.17, 15) is 0 Å². The predicted molar refractivity (Wildman–Crippen MR) is 220 cm³/mol. The molecular weight excluding hydrogens is 649 g/mol. The topological polar surface area (TPSA) is 39.4 Å². The molecule has 0 aliphatic heterocycles. The number of furan rings is 3. The van der Waals surface area contributed by atoms with Gasteiger partial charge in [0.15, 0.2) is 11.2 Å². The lowest BCUT2D eigenvalue weighted by Gasteiger charge is -2.18. The standard InChI is InChI=1S/C50H28O3/c1-3-16-37-35(14-1)47(31-11-9-10-29(26-31)30-20-24-45-41(27-30)34-13-6-7-18-43(34)51-45)36-15-2-4-17-38(36)48(37)32-21-25-46-42(28-32)40-23-22-39-33-12-5-8-19-44(33)52-49(39)50(40)53-46/h1-28H. The van der Waals surface area contributed by atoms with Crippen LogP contribution in [0.15, 0.2) is 183 Å². The summed E-state index contributed by atoms with van der Waals surface area (Å²) >= 11 is 0. The molecule has 0 fully saturated rings. The van der Waals surface area contributed by atoms with Crippen LogP contribution in [0.3, 0.4) is 0 Å². The van der Waals surface area contributed by atoms with E-state index in [-0.39, 0.29) is 0 Å². The summed E-state index contributed by atoms with van der Waals surface area (Å²) in [5, 5.41) is 11.4. The molecule has 0 aliphatic carbocycles. The van der Waals surface area contributed by atoms with E-state index < -0.39 is 0 Å². The maximum atomic E-state index is 6.53. The summed E-state index contributed by atoms with van der Waals surface area (Å²) in [7, 11) is 0. The summed E-state index contributed by atoms with van der Waals surface area (Å²) in [4.78, 5) is 0. The minimum atomic E-state index is 0.788. The monoisotopic (exact) mass is 676 g/mol. The summed E-state index contributed by atoms with van der Waals surface area (Å²) in [6.07, 6.45) is 0. The molecule has 3 heteroatoms. The third kappa shape index (κ3) is 4.10. The van der Waals surface area contributed by atoms with Gasteiger partial charge in [-0.1, -0.05) is 115 Å². The van der Waals surface area contributed by atoms with E-state index in [1.54, 1.807) is 0 Å². The summed E-state index contributed by atoms with van der Waals surface area (Å²) in [6, 6.07) is 60.5. The number of hydrogen-bond donors (Lipinski definition) is 0. The fourth-order valence-corrected chi connectivity index (χ4v) is 8.68. The van der Waals surface area contributed by atoms with Gasteiger partial charge in [0.05, 0.1) is 0 Å². The number of rotatable bonds is 3. The number of benzene rings is 9. The molecule has 246 valence electrons. The number of hydrogen-bond acceptors (Lipinski definition) is 3. The molecule has 9 aromatic carbocycles. The lowest BCUT2D eigenvalue weighted by atomic mass is 9.85. The number of fused-ring (bicyclic) bond motifs is 12. The van der Waals surface area contributed by atoms with Gasteiger partial charge >= 0.3 is 0 Å². The van der Waals surface area contributed by atoms with Crippen molar-refractivity contribution >= 4 is 87.4 Å². The van der Waals surface area contributed by atoms with Crippen LogP contribution in [-0.2, 0) is 0 Å². The van der Waals surface area contributed by atoms with Crippen molar-refractivity contribution in [3.63, 3.8) is 0 Å². The van der Waals surface area contributed by atoms with Crippen LogP contribution >= 0.6 is 0 Å². The van der Waals surface area contributed by atoms with Crippen LogP contribution in [0.4, 0.5) is 0 Å². The Morgan fingerprint density at radius 1 is 0.226 bits per heavy atom. The van der Waals surface area contributed by atoms with Crippen molar-refractivity contribution in [3.8, 4) is 33.4 Å². The molecule has 0 radical (unpaired) electrons. The molecule has 0 saturated heterocycles. The molecule has 0 amide bonds. The molecule has 12 rings (SSSR count). The van der Waals surface area contributed by atoms with Crippen molar-refractivity contribution in [2.24, 2.45) is 0 Å².